The molecule has 0 bridgehead atoms. The van der Waals surface area contributed by atoms with Crippen molar-refractivity contribution in [2.75, 3.05) is 4.90 Å². The molecule has 0 unspecified atom stereocenters. The number of aryl methyl sites for hydroxylation is 2. The maximum Gasteiger partial charge on any atom is 0.279 e. The van der Waals surface area contributed by atoms with E-state index in [1.807, 2.05) is 36.1 Å². The summed E-state index contributed by atoms with van der Waals surface area (Å²) >= 11 is 3.46. The van der Waals surface area contributed by atoms with E-state index < -0.39 is 0 Å². The number of fused-ring (bicyclic) bond motifs is 1. The van der Waals surface area contributed by atoms with Crippen LogP contribution in [0.3, 0.4) is 0 Å². The van der Waals surface area contributed by atoms with Crippen LogP contribution >= 0.6 is 15.9 Å². The molecule has 3 aromatic rings. The van der Waals surface area contributed by atoms with Crippen molar-refractivity contribution in [3.05, 3.63) is 81.1 Å². The number of halogens is 1. The number of H-pyrrole nitrogens is 1. The molecule has 1 N–H and O–H groups in total. The number of aromatic nitrogens is 2. The Morgan fingerprint density at radius 2 is 1.80 bits per heavy atom. The number of nitrogens with zero attached hydrogens (tertiary/aromatic N) is 2. The summed E-state index contributed by atoms with van der Waals surface area (Å²) in [7, 11) is 0. The van der Waals surface area contributed by atoms with Crippen molar-refractivity contribution < 1.29 is 4.79 Å². The largest absolute Gasteiger partial charge is 0.295 e. The molecule has 1 aliphatic rings. The Kier molecular flexibility index (Phi) is 3.96. The Morgan fingerprint density at radius 3 is 2.44 bits per heavy atom. The lowest BCUT2D eigenvalue weighted by Gasteiger charge is -2.26. The lowest BCUT2D eigenvalue weighted by atomic mass is 9.97. The lowest BCUT2D eigenvalue weighted by molar-refractivity contribution is 0.0989. The number of rotatable bonds is 3. The number of carbonyl (C=O) groups is 1. The summed E-state index contributed by atoms with van der Waals surface area (Å²) in [6, 6.07) is 16.2. The zero-order chi connectivity index (χ0) is 17.6. The molecular weight excluding hydrogens is 378 g/mol. The van der Waals surface area contributed by atoms with Gasteiger partial charge in [-0.25, -0.2) is 0 Å². The van der Waals surface area contributed by atoms with E-state index in [0.29, 0.717) is 5.69 Å². The minimum atomic E-state index is -0.159. The molecule has 25 heavy (non-hydrogen) atoms. The van der Waals surface area contributed by atoms with E-state index in [-0.39, 0.29) is 11.9 Å². The Labute approximate surface area is 155 Å². The zero-order valence-corrected chi connectivity index (χ0v) is 15.7. The number of carbonyl (C=O) groups excluding carboxylic acids is 1. The number of amides is 1. The van der Waals surface area contributed by atoms with Crippen LogP contribution in [-0.2, 0) is 6.42 Å². The van der Waals surface area contributed by atoms with Gasteiger partial charge in [0, 0.05) is 21.4 Å². The number of aromatic amines is 1. The maximum absolute atomic E-state index is 13.0. The van der Waals surface area contributed by atoms with Gasteiger partial charge < -0.3 is 0 Å². The first-order chi connectivity index (χ1) is 12.1. The number of hydrogen-bond acceptors (Lipinski definition) is 2. The van der Waals surface area contributed by atoms with Crippen LogP contribution in [0.1, 0.15) is 45.8 Å². The second kappa shape index (κ2) is 6.15. The SMILES string of the molecule is CCc1ccc([C@H]2c3c(n[nH]c3C)C(=O)N2c2ccc(Br)cc2)cc1. The van der Waals surface area contributed by atoms with Gasteiger partial charge in [-0.2, -0.15) is 5.10 Å². The third-order valence-corrected chi connectivity index (χ3v) is 5.28. The highest BCUT2D eigenvalue weighted by molar-refractivity contribution is 9.10. The molecule has 0 fully saturated rings. The molecule has 0 saturated carbocycles. The smallest absolute Gasteiger partial charge is 0.279 e. The average Bonchev–Trinajstić information content (AvgIpc) is 3.15. The molecule has 1 aliphatic heterocycles. The summed E-state index contributed by atoms with van der Waals surface area (Å²) in [4.78, 5) is 14.9. The number of benzene rings is 2. The van der Waals surface area contributed by atoms with E-state index in [2.05, 4.69) is 57.3 Å². The molecule has 0 aliphatic carbocycles. The normalized spacial score (nSPS) is 16.4. The predicted molar refractivity (Wildman–Crippen MR) is 102 cm³/mol. The van der Waals surface area contributed by atoms with Gasteiger partial charge in [0.1, 0.15) is 0 Å². The molecule has 4 rings (SSSR count). The van der Waals surface area contributed by atoms with Crippen molar-refractivity contribution in [2.24, 2.45) is 0 Å². The number of nitrogens with one attached hydrogen (secondary N) is 1. The van der Waals surface area contributed by atoms with Crippen molar-refractivity contribution >= 4 is 27.5 Å². The summed E-state index contributed by atoms with van der Waals surface area (Å²) in [5.74, 6) is -0.0637. The molecule has 4 nitrogen and oxygen atoms in total. The molecule has 2 aromatic carbocycles. The summed E-state index contributed by atoms with van der Waals surface area (Å²) in [5.41, 5.74) is 5.67. The average molecular weight is 396 g/mol. The van der Waals surface area contributed by atoms with Gasteiger partial charge in [0.15, 0.2) is 5.69 Å². The van der Waals surface area contributed by atoms with Gasteiger partial charge in [0.05, 0.1) is 6.04 Å². The first kappa shape index (κ1) is 16.1. The third kappa shape index (κ3) is 2.59. The van der Waals surface area contributed by atoms with Crippen LogP contribution in [0.4, 0.5) is 5.69 Å². The molecular formula is C20H18BrN3O. The van der Waals surface area contributed by atoms with Gasteiger partial charge in [-0.05, 0) is 48.7 Å². The molecule has 1 aromatic heterocycles. The molecule has 2 heterocycles. The van der Waals surface area contributed by atoms with Gasteiger partial charge in [-0.1, -0.05) is 47.1 Å². The Bertz CT molecular complexity index is 929. The lowest BCUT2D eigenvalue weighted by Crippen LogP contribution is -2.29. The number of hydrogen-bond donors (Lipinski definition) is 1. The zero-order valence-electron chi connectivity index (χ0n) is 14.1. The van der Waals surface area contributed by atoms with E-state index in [9.17, 15) is 4.79 Å². The fourth-order valence-electron chi connectivity index (χ4n) is 3.42. The predicted octanol–water partition coefficient (Wildman–Crippen LogP) is 4.79. The van der Waals surface area contributed by atoms with Gasteiger partial charge >= 0.3 is 0 Å². The molecule has 1 amide bonds. The highest BCUT2D eigenvalue weighted by atomic mass is 79.9. The highest BCUT2D eigenvalue weighted by Crippen LogP contribution is 2.42. The first-order valence-electron chi connectivity index (χ1n) is 8.33. The topological polar surface area (TPSA) is 49.0 Å². The fraction of sp³-hybridized carbons (Fsp3) is 0.200. The van der Waals surface area contributed by atoms with E-state index in [4.69, 9.17) is 0 Å². The Morgan fingerprint density at radius 1 is 1.12 bits per heavy atom. The second-order valence-corrected chi connectivity index (χ2v) is 7.18. The summed E-state index contributed by atoms with van der Waals surface area (Å²) in [5, 5.41) is 7.22. The van der Waals surface area contributed by atoms with Crippen LogP contribution in [0.2, 0.25) is 0 Å². The molecule has 5 heteroatoms. The molecule has 0 saturated heterocycles. The van der Waals surface area contributed by atoms with Crippen LogP contribution in [0.15, 0.2) is 53.0 Å². The summed E-state index contributed by atoms with van der Waals surface area (Å²) < 4.78 is 0.987. The first-order valence-corrected chi connectivity index (χ1v) is 9.12. The fourth-order valence-corrected chi connectivity index (χ4v) is 3.68. The third-order valence-electron chi connectivity index (χ3n) is 4.76. The van der Waals surface area contributed by atoms with E-state index in [1.165, 1.54) is 5.56 Å². The van der Waals surface area contributed by atoms with Crippen molar-refractivity contribution in [3.63, 3.8) is 0 Å². The minimum absolute atomic E-state index is 0.0637. The van der Waals surface area contributed by atoms with Crippen molar-refractivity contribution in [3.8, 4) is 0 Å². The van der Waals surface area contributed by atoms with E-state index >= 15 is 0 Å². The van der Waals surface area contributed by atoms with E-state index in [0.717, 1.165) is 33.4 Å². The van der Waals surface area contributed by atoms with Crippen LogP contribution in [-0.4, -0.2) is 16.1 Å². The standard InChI is InChI=1S/C20H18BrN3O/c1-3-13-4-6-14(7-5-13)19-17-12(2)22-23-18(17)20(25)24(19)16-10-8-15(21)9-11-16/h4-11,19H,3H2,1-2H3,(H,22,23)/t19-/m0/s1. The second-order valence-electron chi connectivity index (χ2n) is 6.26. The van der Waals surface area contributed by atoms with E-state index in [1.54, 1.807) is 0 Å². The van der Waals surface area contributed by atoms with Crippen molar-refractivity contribution in [1.82, 2.24) is 10.2 Å². The molecule has 126 valence electrons. The quantitative estimate of drug-likeness (QED) is 0.692. The molecule has 1 atom stereocenters. The van der Waals surface area contributed by atoms with Gasteiger partial charge in [-0.3, -0.25) is 14.8 Å². The van der Waals surface area contributed by atoms with Gasteiger partial charge in [-0.15, -0.1) is 0 Å². The Balaban J connectivity index is 1.86. The summed E-state index contributed by atoms with van der Waals surface area (Å²) in [6.07, 6.45) is 0.996. The van der Waals surface area contributed by atoms with Crippen LogP contribution in [0, 0.1) is 6.92 Å². The molecule has 0 spiro atoms. The van der Waals surface area contributed by atoms with Crippen LogP contribution in [0.5, 0.6) is 0 Å². The maximum atomic E-state index is 13.0. The Hall–Kier alpha value is -2.40. The van der Waals surface area contributed by atoms with Crippen LogP contribution < -0.4 is 4.90 Å². The van der Waals surface area contributed by atoms with Crippen molar-refractivity contribution in [1.29, 1.82) is 0 Å². The monoisotopic (exact) mass is 395 g/mol. The summed E-state index contributed by atoms with van der Waals surface area (Å²) in [6.45, 7) is 4.11. The highest BCUT2D eigenvalue weighted by Gasteiger charge is 2.42. The number of anilines is 1. The minimum Gasteiger partial charge on any atom is -0.295 e. The van der Waals surface area contributed by atoms with Crippen LogP contribution in [0.25, 0.3) is 0 Å². The van der Waals surface area contributed by atoms with Gasteiger partial charge in [0.2, 0.25) is 0 Å². The molecule has 0 radical (unpaired) electrons. The van der Waals surface area contributed by atoms with Gasteiger partial charge in [0.25, 0.3) is 5.91 Å². The van der Waals surface area contributed by atoms with Crippen molar-refractivity contribution in [2.45, 2.75) is 26.3 Å².